The standard InChI is InChI=1S/C19H22O3/c1-11(2)18-19(21-5)14-7-6-13-8-12(3)9-16(20-4)17(13)15(14)10-22-18/h6-9,18-19H,1,10H2,2-5H3/t18-,19-/m0/s1. The number of hydrogen-bond acceptors (Lipinski definition) is 3. The van der Waals surface area contributed by atoms with Crippen LogP contribution in [0.15, 0.2) is 36.4 Å². The number of aryl methyl sites for hydroxylation is 1. The van der Waals surface area contributed by atoms with Gasteiger partial charge in [-0.25, -0.2) is 0 Å². The van der Waals surface area contributed by atoms with Crippen LogP contribution >= 0.6 is 0 Å². The first-order valence-electron chi connectivity index (χ1n) is 7.46. The quantitative estimate of drug-likeness (QED) is 0.790. The summed E-state index contributed by atoms with van der Waals surface area (Å²) in [6.45, 7) is 8.63. The molecule has 3 rings (SSSR count). The lowest BCUT2D eigenvalue weighted by Gasteiger charge is -2.34. The Kier molecular flexibility index (Phi) is 3.94. The van der Waals surface area contributed by atoms with Gasteiger partial charge in [-0.05, 0) is 47.6 Å². The van der Waals surface area contributed by atoms with Gasteiger partial charge >= 0.3 is 0 Å². The fourth-order valence-electron chi connectivity index (χ4n) is 3.32. The molecule has 116 valence electrons. The maximum absolute atomic E-state index is 6.03. The van der Waals surface area contributed by atoms with E-state index in [-0.39, 0.29) is 12.2 Å². The van der Waals surface area contributed by atoms with Crippen molar-refractivity contribution in [3.8, 4) is 5.75 Å². The highest BCUT2D eigenvalue weighted by molar-refractivity contribution is 5.93. The lowest BCUT2D eigenvalue weighted by molar-refractivity contribution is -0.0611. The summed E-state index contributed by atoms with van der Waals surface area (Å²) in [5, 5.41) is 2.29. The summed E-state index contributed by atoms with van der Waals surface area (Å²) >= 11 is 0. The molecule has 0 N–H and O–H groups in total. The largest absolute Gasteiger partial charge is 0.496 e. The van der Waals surface area contributed by atoms with Gasteiger partial charge in [-0.2, -0.15) is 0 Å². The zero-order chi connectivity index (χ0) is 15.9. The Bertz CT molecular complexity index is 733. The van der Waals surface area contributed by atoms with Crippen LogP contribution in [0, 0.1) is 6.92 Å². The van der Waals surface area contributed by atoms with E-state index in [2.05, 4.69) is 37.8 Å². The molecule has 0 radical (unpaired) electrons. The summed E-state index contributed by atoms with van der Waals surface area (Å²) in [5.74, 6) is 0.888. The van der Waals surface area contributed by atoms with Crippen LogP contribution in [0.4, 0.5) is 0 Å². The molecule has 0 fully saturated rings. The minimum absolute atomic E-state index is 0.105. The second-order valence-electron chi connectivity index (χ2n) is 5.93. The SMILES string of the molecule is C=C(C)[C@@H]1OCc2c(ccc3cc(C)cc(OC)c23)[C@@H]1OC. The normalized spacial score (nSPS) is 20.7. The van der Waals surface area contributed by atoms with E-state index in [1.54, 1.807) is 14.2 Å². The van der Waals surface area contributed by atoms with Gasteiger partial charge in [0, 0.05) is 12.5 Å². The van der Waals surface area contributed by atoms with Crippen molar-refractivity contribution < 1.29 is 14.2 Å². The molecule has 3 heteroatoms. The summed E-state index contributed by atoms with van der Waals surface area (Å²) < 4.78 is 17.3. The average Bonchev–Trinajstić information content (AvgIpc) is 2.51. The third-order valence-corrected chi connectivity index (χ3v) is 4.32. The summed E-state index contributed by atoms with van der Waals surface area (Å²) in [7, 11) is 3.43. The summed E-state index contributed by atoms with van der Waals surface area (Å²) in [6.07, 6.45) is -0.233. The van der Waals surface area contributed by atoms with Gasteiger partial charge in [0.05, 0.1) is 13.7 Å². The highest BCUT2D eigenvalue weighted by atomic mass is 16.5. The predicted molar refractivity (Wildman–Crippen MR) is 88.4 cm³/mol. The van der Waals surface area contributed by atoms with Gasteiger partial charge in [-0.15, -0.1) is 0 Å². The minimum Gasteiger partial charge on any atom is -0.496 e. The lowest BCUT2D eigenvalue weighted by atomic mass is 9.89. The Balaban J connectivity index is 2.25. The fraction of sp³-hybridized carbons (Fsp3) is 0.368. The van der Waals surface area contributed by atoms with Gasteiger partial charge in [0.15, 0.2) is 0 Å². The van der Waals surface area contributed by atoms with Crippen LogP contribution in [-0.2, 0) is 16.1 Å². The lowest BCUT2D eigenvalue weighted by Crippen LogP contribution is -2.30. The molecule has 1 aliphatic rings. The van der Waals surface area contributed by atoms with E-state index >= 15 is 0 Å². The summed E-state index contributed by atoms with van der Waals surface area (Å²) in [5.41, 5.74) is 4.48. The topological polar surface area (TPSA) is 27.7 Å². The van der Waals surface area contributed by atoms with E-state index in [0.29, 0.717) is 6.61 Å². The third-order valence-electron chi connectivity index (χ3n) is 4.32. The number of methoxy groups -OCH3 is 2. The molecule has 0 spiro atoms. The maximum Gasteiger partial charge on any atom is 0.127 e. The van der Waals surface area contributed by atoms with Crippen molar-refractivity contribution in [3.05, 3.63) is 53.1 Å². The molecular formula is C19H22O3. The molecule has 1 aliphatic heterocycles. The van der Waals surface area contributed by atoms with Gasteiger partial charge in [0.1, 0.15) is 18.0 Å². The first-order valence-corrected chi connectivity index (χ1v) is 7.46. The highest BCUT2D eigenvalue weighted by Gasteiger charge is 2.32. The van der Waals surface area contributed by atoms with Gasteiger partial charge in [-0.1, -0.05) is 24.8 Å². The van der Waals surface area contributed by atoms with Gasteiger partial charge in [0.2, 0.25) is 0 Å². The van der Waals surface area contributed by atoms with Crippen molar-refractivity contribution in [2.24, 2.45) is 0 Å². The van der Waals surface area contributed by atoms with E-state index in [9.17, 15) is 0 Å². The van der Waals surface area contributed by atoms with Gasteiger partial charge in [-0.3, -0.25) is 0 Å². The molecule has 22 heavy (non-hydrogen) atoms. The second kappa shape index (κ2) is 5.75. The zero-order valence-corrected chi connectivity index (χ0v) is 13.6. The van der Waals surface area contributed by atoms with Crippen LogP contribution < -0.4 is 4.74 Å². The molecule has 2 aromatic rings. The fourth-order valence-corrected chi connectivity index (χ4v) is 3.32. The summed E-state index contributed by atoms with van der Waals surface area (Å²) in [4.78, 5) is 0. The molecule has 0 aliphatic carbocycles. The highest BCUT2D eigenvalue weighted by Crippen LogP contribution is 2.41. The molecule has 0 amide bonds. The zero-order valence-electron chi connectivity index (χ0n) is 13.6. The first-order chi connectivity index (χ1) is 10.6. The number of benzene rings is 2. The van der Waals surface area contributed by atoms with E-state index < -0.39 is 0 Å². The number of ether oxygens (including phenoxy) is 3. The smallest absolute Gasteiger partial charge is 0.127 e. The molecule has 1 heterocycles. The van der Waals surface area contributed by atoms with Gasteiger partial charge in [0.25, 0.3) is 0 Å². The van der Waals surface area contributed by atoms with Crippen molar-refractivity contribution in [2.45, 2.75) is 32.7 Å². The van der Waals surface area contributed by atoms with Crippen LogP contribution in [0.3, 0.4) is 0 Å². The Morgan fingerprint density at radius 1 is 1.27 bits per heavy atom. The number of rotatable bonds is 3. The van der Waals surface area contributed by atoms with Crippen LogP contribution in [-0.4, -0.2) is 20.3 Å². The average molecular weight is 298 g/mol. The van der Waals surface area contributed by atoms with Crippen LogP contribution in [0.25, 0.3) is 10.8 Å². The molecule has 0 unspecified atom stereocenters. The molecule has 3 nitrogen and oxygen atoms in total. The first kappa shape index (κ1) is 15.1. The van der Waals surface area contributed by atoms with Crippen molar-refractivity contribution in [2.75, 3.05) is 14.2 Å². The van der Waals surface area contributed by atoms with Gasteiger partial charge < -0.3 is 14.2 Å². The van der Waals surface area contributed by atoms with Crippen LogP contribution in [0.1, 0.15) is 29.7 Å². The molecule has 0 saturated heterocycles. The molecule has 0 aromatic heterocycles. The Hall–Kier alpha value is -1.84. The predicted octanol–water partition coefficient (Wildman–Crippen LogP) is 4.32. The number of hydrogen-bond donors (Lipinski definition) is 0. The second-order valence-corrected chi connectivity index (χ2v) is 5.93. The molecule has 0 saturated carbocycles. The minimum atomic E-state index is -0.128. The van der Waals surface area contributed by atoms with Crippen molar-refractivity contribution in [3.63, 3.8) is 0 Å². The van der Waals surface area contributed by atoms with Crippen molar-refractivity contribution >= 4 is 10.8 Å². The molecule has 2 aromatic carbocycles. The van der Waals surface area contributed by atoms with E-state index in [1.807, 2.05) is 6.92 Å². The maximum atomic E-state index is 6.03. The number of fused-ring (bicyclic) bond motifs is 3. The van der Waals surface area contributed by atoms with Crippen LogP contribution in [0.5, 0.6) is 5.75 Å². The molecular weight excluding hydrogens is 276 g/mol. The third kappa shape index (κ3) is 2.31. The van der Waals surface area contributed by atoms with E-state index in [0.717, 1.165) is 27.8 Å². The van der Waals surface area contributed by atoms with Crippen LogP contribution in [0.2, 0.25) is 0 Å². The summed E-state index contributed by atoms with van der Waals surface area (Å²) in [6, 6.07) is 8.51. The van der Waals surface area contributed by atoms with Crippen molar-refractivity contribution in [1.82, 2.24) is 0 Å². The molecule has 0 bridgehead atoms. The van der Waals surface area contributed by atoms with E-state index in [4.69, 9.17) is 14.2 Å². The Labute approximate surface area is 131 Å². The van der Waals surface area contributed by atoms with Crippen molar-refractivity contribution in [1.29, 1.82) is 0 Å². The Morgan fingerprint density at radius 2 is 2.05 bits per heavy atom. The Morgan fingerprint density at radius 3 is 2.68 bits per heavy atom. The molecule has 2 atom stereocenters. The van der Waals surface area contributed by atoms with E-state index in [1.165, 1.54) is 10.9 Å². The monoisotopic (exact) mass is 298 g/mol.